The molecule has 8 aromatic rings. The minimum absolute atomic E-state index is 0.0205. The number of nitrogens with one attached hydrogen (secondary N) is 1. The molecular formula is C77H100N4O12. The number of aryl methyl sites for hydroxylation is 4. The SMILES string of the molecule is CCCC/C=C/c1cc2ccccc2n1C(=O)CCCC(=O)O.CCCCCCc1[nH]c2ccccc2c1C(=O)CCCC(=O)O.CCCCCCc1c(C(=O)CCCC(=O)O)n(C)c2ccccc12.CCCCCCn1cc(C(=O)CCCC(=O)O)c2ccccc21. The van der Waals surface area contributed by atoms with E-state index in [1.165, 1.54) is 57.8 Å². The van der Waals surface area contributed by atoms with Gasteiger partial charge in [-0.25, -0.2) is 0 Å². The van der Waals surface area contributed by atoms with Crippen molar-refractivity contribution in [1.29, 1.82) is 0 Å². The second-order valence-electron chi connectivity index (χ2n) is 24.0. The lowest BCUT2D eigenvalue weighted by Gasteiger charge is -2.07. The van der Waals surface area contributed by atoms with Gasteiger partial charge in [-0.3, -0.25) is 42.9 Å². The summed E-state index contributed by atoms with van der Waals surface area (Å²) in [4.78, 5) is 96.2. The van der Waals surface area contributed by atoms with E-state index in [0.717, 1.165) is 135 Å². The number of carbonyl (C=O) groups excluding carboxylic acids is 4. The molecule has 0 aliphatic carbocycles. The third-order valence-electron chi connectivity index (χ3n) is 16.6. The topological polar surface area (TPSA) is 248 Å². The monoisotopic (exact) mass is 1270 g/mol. The number of H-pyrrole nitrogens is 1. The number of unbranched alkanes of at least 4 members (excludes halogenated alkanes) is 11. The molecule has 0 spiro atoms. The summed E-state index contributed by atoms with van der Waals surface area (Å²) in [6.45, 7) is 9.63. The molecule has 16 heteroatoms. The van der Waals surface area contributed by atoms with Crippen LogP contribution in [0.3, 0.4) is 0 Å². The molecule has 0 saturated carbocycles. The maximum Gasteiger partial charge on any atom is 0.303 e. The largest absolute Gasteiger partial charge is 0.481 e. The van der Waals surface area contributed by atoms with Gasteiger partial charge in [0, 0.05) is 132 Å². The van der Waals surface area contributed by atoms with E-state index in [1.807, 2.05) is 121 Å². The van der Waals surface area contributed by atoms with Crippen LogP contribution in [-0.2, 0) is 45.6 Å². The van der Waals surface area contributed by atoms with E-state index in [4.69, 9.17) is 20.4 Å². The van der Waals surface area contributed by atoms with E-state index in [9.17, 15) is 38.4 Å². The van der Waals surface area contributed by atoms with Gasteiger partial charge in [-0.15, -0.1) is 0 Å². The number of hydrogen-bond donors (Lipinski definition) is 5. The van der Waals surface area contributed by atoms with Gasteiger partial charge in [-0.1, -0.05) is 177 Å². The van der Waals surface area contributed by atoms with Crippen LogP contribution in [-0.4, -0.2) is 86.2 Å². The van der Waals surface area contributed by atoms with Crippen molar-refractivity contribution >= 4 is 96.8 Å². The lowest BCUT2D eigenvalue weighted by Crippen LogP contribution is -2.12. The summed E-state index contributed by atoms with van der Waals surface area (Å²) in [6.07, 6.45) is 27.9. The zero-order chi connectivity index (χ0) is 67.5. The van der Waals surface area contributed by atoms with Crippen LogP contribution in [0.15, 0.2) is 115 Å². The highest BCUT2D eigenvalue weighted by Gasteiger charge is 2.22. The molecule has 0 unspecified atom stereocenters. The Morgan fingerprint density at radius 1 is 0.462 bits per heavy atom. The second-order valence-corrected chi connectivity index (χ2v) is 24.0. The van der Waals surface area contributed by atoms with Crippen LogP contribution < -0.4 is 0 Å². The average Bonchev–Trinajstić information content (AvgIpc) is 1.65. The minimum atomic E-state index is -0.866. The van der Waals surface area contributed by atoms with Crippen LogP contribution >= 0.6 is 0 Å². The highest BCUT2D eigenvalue weighted by atomic mass is 16.4. The number of allylic oxidation sites excluding steroid dienone is 1. The van der Waals surface area contributed by atoms with Crippen LogP contribution in [0.4, 0.5) is 0 Å². The molecule has 0 radical (unpaired) electrons. The molecule has 0 atom stereocenters. The first-order chi connectivity index (χ1) is 44.9. The molecule has 4 heterocycles. The predicted octanol–water partition coefficient (Wildman–Crippen LogP) is 18.9. The Labute approximate surface area is 548 Å². The van der Waals surface area contributed by atoms with E-state index < -0.39 is 23.9 Å². The maximum atomic E-state index is 12.7. The number of para-hydroxylation sites is 4. The molecule has 4 aromatic carbocycles. The summed E-state index contributed by atoms with van der Waals surface area (Å²) in [5, 5.41) is 39.0. The van der Waals surface area contributed by atoms with Crippen molar-refractivity contribution in [3.05, 3.63) is 149 Å². The highest BCUT2D eigenvalue weighted by Crippen LogP contribution is 2.31. The van der Waals surface area contributed by atoms with E-state index in [2.05, 4.69) is 49.4 Å². The molecule has 0 bridgehead atoms. The fourth-order valence-electron chi connectivity index (χ4n) is 11.8. The molecule has 8 rings (SSSR count). The number of fused-ring (bicyclic) bond motifs is 4. The number of carboxylic acid groups (broad SMARTS) is 4. The van der Waals surface area contributed by atoms with Crippen LogP contribution in [0.1, 0.15) is 254 Å². The van der Waals surface area contributed by atoms with Crippen molar-refractivity contribution in [3.63, 3.8) is 0 Å². The van der Waals surface area contributed by atoms with Gasteiger partial charge < -0.3 is 34.5 Å². The van der Waals surface area contributed by atoms with Gasteiger partial charge in [0.05, 0.1) is 11.2 Å². The number of benzene rings is 4. The Balaban J connectivity index is 0.000000225. The maximum absolute atomic E-state index is 12.7. The Bertz CT molecular complexity index is 3730. The summed E-state index contributed by atoms with van der Waals surface area (Å²) in [5.74, 6) is -3.32. The van der Waals surface area contributed by atoms with Gasteiger partial charge >= 0.3 is 23.9 Å². The Kier molecular flexibility index (Phi) is 33.1. The van der Waals surface area contributed by atoms with Gasteiger partial charge in [0.2, 0.25) is 5.91 Å². The van der Waals surface area contributed by atoms with Crippen molar-refractivity contribution in [2.24, 2.45) is 7.05 Å². The highest BCUT2D eigenvalue weighted by molar-refractivity contribution is 6.10. The third-order valence-corrected chi connectivity index (χ3v) is 16.6. The fourth-order valence-corrected chi connectivity index (χ4v) is 11.8. The second kappa shape index (κ2) is 41.0. The number of aliphatic carboxylic acids is 4. The molecule has 0 saturated heterocycles. The quantitative estimate of drug-likeness (QED) is 0.0179. The van der Waals surface area contributed by atoms with Gasteiger partial charge in [-0.2, -0.15) is 0 Å². The van der Waals surface area contributed by atoms with Crippen molar-refractivity contribution in [3.8, 4) is 0 Å². The summed E-state index contributed by atoms with van der Waals surface area (Å²) >= 11 is 0. The van der Waals surface area contributed by atoms with Crippen LogP contribution in [0.2, 0.25) is 0 Å². The average molecular weight is 1270 g/mol. The van der Waals surface area contributed by atoms with Crippen LogP contribution in [0, 0.1) is 0 Å². The zero-order valence-corrected chi connectivity index (χ0v) is 55.7. The molecule has 0 amide bonds. The first-order valence-electron chi connectivity index (χ1n) is 34.0. The van der Waals surface area contributed by atoms with Crippen molar-refractivity contribution in [1.82, 2.24) is 18.7 Å². The number of carbonyl (C=O) groups is 8. The van der Waals surface area contributed by atoms with Gasteiger partial charge in [0.25, 0.3) is 0 Å². The molecule has 4 aromatic heterocycles. The lowest BCUT2D eigenvalue weighted by atomic mass is 9.99. The lowest BCUT2D eigenvalue weighted by molar-refractivity contribution is -0.138. The third kappa shape index (κ3) is 24.1. The summed E-state index contributed by atoms with van der Waals surface area (Å²) < 4.78 is 5.85. The number of Topliss-reactive ketones (excluding diaryl/α,β-unsaturated/α-hetero) is 3. The van der Waals surface area contributed by atoms with E-state index in [1.54, 1.807) is 4.57 Å². The van der Waals surface area contributed by atoms with Gasteiger partial charge in [0.1, 0.15) is 0 Å². The number of carboxylic acids is 4. The van der Waals surface area contributed by atoms with Crippen molar-refractivity contribution < 1.29 is 58.8 Å². The number of nitrogens with zero attached hydrogens (tertiary/aromatic N) is 3. The molecular weight excluding hydrogens is 1170 g/mol. The molecule has 0 fully saturated rings. The standard InChI is InChI=1S/C20H27NO3.2C19H25NO3.C19H23NO3/c1-3-4-5-6-11-16-15-10-7-8-12-17(15)21(2)20(16)18(22)13-9-14-19(23)24;1-2-3-4-7-13-20-14-16(15-9-5-6-10-17(15)20)18(21)11-8-12-19(22)23;1-2-3-4-5-11-16-19(17(21)12-8-13-18(22)23)14-9-6-7-10-15(14)20-16;1-2-3-4-5-10-16-14-15-9-6-7-11-17(15)20(16)18(21)12-8-13-19(22)23/h7-8,10,12H,3-6,9,11,13-14H2,1-2H3,(H,23,24);5-6,9-10,14H,2-4,7-8,11-13H2,1H3,(H,22,23);6-7,9-10,20H,2-5,8,11-13H2,1H3,(H,22,23);5-7,9-11,14H,2-4,8,12-13H2,1H3,(H,22,23)/b;;;10-5+. The zero-order valence-electron chi connectivity index (χ0n) is 55.7. The molecule has 500 valence electrons. The van der Waals surface area contributed by atoms with Crippen molar-refractivity contribution in [2.45, 2.75) is 220 Å². The minimum Gasteiger partial charge on any atom is -0.481 e. The predicted molar refractivity (Wildman–Crippen MR) is 373 cm³/mol. The number of hydrogen-bond acceptors (Lipinski definition) is 8. The Morgan fingerprint density at radius 3 is 1.56 bits per heavy atom. The summed E-state index contributed by atoms with van der Waals surface area (Å²) in [7, 11) is 1.93. The van der Waals surface area contributed by atoms with Crippen LogP contribution in [0.25, 0.3) is 49.7 Å². The molecule has 93 heavy (non-hydrogen) atoms. The number of rotatable bonds is 38. The van der Waals surface area contributed by atoms with Crippen LogP contribution in [0.5, 0.6) is 0 Å². The first kappa shape index (κ1) is 75.1. The normalized spacial score (nSPS) is 11.1. The molecule has 0 aliphatic rings. The molecule has 16 nitrogen and oxygen atoms in total. The summed E-state index contributed by atoms with van der Waals surface area (Å²) in [5.41, 5.74) is 9.27. The Morgan fingerprint density at radius 2 is 0.957 bits per heavy atom. The number of ketones is 3. The van der Waals surface area contributed by atoms with Crippen molar-refractivity contribution in [2.75, 3.05) is 0 Å². The number of aromatic amines is 1. The molecule has 0 aliphatic heterocycles. The molecule has 5 N–H and O–H groups in total. The van der Waals surface area contributed by atoms with E-state index in [-0.39, 0.29) is 68.2 Å². The van der Waals surface area contributed by atoms with E-state index in [0.29, 0.717) is 32.1 Å². The Hall–Kier alpha value is -8.66. The first-order valence-corrected chi connectivity index (χ1v) is 34.0. The summed E-state index contributed by atoms with van der Waals surface area (Å²) in [6, 6.07) is 33.7. The smallest absolute Gasteiger partial charge is 0.303 e. The van der Waals surface area contributed by atoms with Gasteiger partial charge in [-0.05, 0) is 106 Å². The number of aromatic nitrogens is 4. The van der Waals surface area contributed by atoms with Gasteiger partial charge in [0.15, 0.2) is 17.3 Å². The fraction of sp³-hybridized carbons (Fsp3) is 0.455. The van der Waals surface area contributed by atoms with E-state index >= 15 is 0 Å².